The summed E-state index contributed by atoms with van der Waals surface area (Å²) in [6.45, 7) is 4.00. The Bertz CT molecular complexity index is 680. The fraction of sp³-hybridized carbons (Fsp3) is 0.368. The Morgan fingerprint density at radius 2 is 1.78 bits per heavy atom. The number of benzene rings is 2. The molecule has 0 unspecified atom stereocenters. The summed E-state index contributed by atoms with van der Waals surface area (Å²) in [6.07, 6.45) is 1.42. The van der Waals surface area contributed by atoms with Gasteiger partial charge in [-0.1, -0.05) is 6.07 Å². The maximum atomic E-state index is 14.3. The molecule has 0 saturated heterocycles. The number of hydrogen-bond donors (Lipinski definition) is 1. The summed E-state index contributed by atoms with van der Waals surface area (Å²) >= 11 is 0. The first-order valence-corrected chi connectivity index (χ1v) is 7.57. The van der Waals surface area contributed by atoms with Gasteiger partial charge < -0.3 is 14.6 Å². The average molecular weight is 318 g/mol. The Balaban J connectivity index is 2.43. The fourth-order valence-electron chi connectivity index (χ4n) is 2.43. The van der Waals surface area contributed by atoms with Crippen LogP contribution in [0.1, 0.15) is 25.8 Å². The smallest absolute Gasteiger partial charge is 0.131 e. The molecule has 0 bridgehead atoms. The molecule has 0 amide bonds. The van der Waals surface area contributed by atoms with Crippen molar-refractivity contribution in [1.82, 2.24) is 0 Å². The molecule has 2 aromatic rings. The van der Waals surface area contributed by atoms with E-state index in [1.807, 2.05) is 13.8 Å². The third kappa shape index (κ3) is 4.23. The van der Waals surface area contributed by atoms with E-state index in [-0.39, 0.29) is 17.2 Å². The highest BCUT2D eigenvalue weighted by molar-refractivity contribution is 5.70. The van der Waals surface area contributed by atoms with Gasteiger partial charge in [0.1, 0.15) is 17.3 Å². The first-order chi connectivity index (χ1) is 10.9. The Morgan fingerprint density at radius 1 is 1.04 bits per heavy atom. The predicted molar refractivity (Wildman–Crippen MR) is 89.5 cm³/mol. The van der Waals surface area contributed by atoms with Crippen LogP contribution in [0.2, 0.25) is 0 Å². The first-order valence-electron chi connectivity index (χ1n) is 7.57. The zero-order valence-corrected chi connectivity index (χ0v) is 14.0. The second-order valence-electron chi connectivity index (χ2n) is 6.15. The summed E-state index contributed by atoms with van der Waals surface area (Å²) in [5.41, 5.74) is 1.82. The molecule has 0 aliphatic rings. The Labute approximate surface area is 136 Å². The lowest BCUT2D eigenvalue weighted by atomic mass is 9.92. The maximum absolute atomic E-state index is 14.3. The third-order valence-corrected chi connectivity index (χ3v) is 4.10. The van der Waals surface area contributed by atoms with E-state index in [1.165, 1.54) is 6.07 Å². The van der Waals surface area contributed by atoms with E-state index in [0.29, 0.717) is 17.7 Å². The zero-order chi connectivity index (χ0) is 17.0. The van der Waals surface area contributed by atoms with Gasteiger partial charge in [-0.25, -0.2) is 4.39 Å². The van der Waals surface area contributed by atoms with Gasteiger partial charge >= 0.3 is 0 Å². The molecule has 0 heterocycles. The third-order valence-electron chi connectivity index (χ3n) is 4.10. The quantitative estimate of drug-likeness (QED) is 0.848. The highest BCUT2D eigenvalue weighted by Crippen LogP contribution is 2.33. The minimum Gasteiger partial charge on any atom is -0.508 e. The van der Waals surface area contributed by atoms with Gasteiger partial charge in [-0.3, -0.25) is 0 Å². The molecule has 4 heteroatoms. The average Bonchev–Trinajstić information content (AvgIpc) is 2.54. The van der Waals surface area contributed by atoms with Crippen molar-refractivity contribution in [3.05, 3.63) is 47.8 Å². The molecule has 0 spiro atoms. The number of rotatable bonds is 6. The Hall–Kier alpha value is -2.07. The van der Waals surface area contributed by atoms with Gasteiger partial charge in [0.05, 0.1) is 12.7 Å². The van der Waals surface area contributed by atoms with Crippen LogP contribution in [0.5, 0.6) is 11.5 Å². The van der Waals surface area contributed by atoms with E-state index in [1.54, 1.807) is 44.6 Å². The molecule has 1 N–H and O–H groups in total. The van der Waals surface area contributed by atoms with Crippen LogP contribution in [-0.4, -0.2) is 24.9 Å². The minimum atomic E-state index is -0.316. The molecule has 0 saturated carbocycles. The molecule has 0 radical (unpaired) electrons. The fourth-order valence-corrected chi connectivity index (χ4v) is 2.43. The molecule has 124 valence electrons. The van der Waals surface area contributed by atoms with Crippen LogP contribution in [0, 0.1) is 5.82 Å². The standard InChI is InChI=1S/C19H23FO3/c1-19(2,23-4)10-9-13-11-14(21)5-7-16(13)17-12-15(22-3)6-8-18(17)20/h5-8,11-12,21H,9-10H2,1-4H3. The van der Waals surface area contributed by atoms with Crippen LogP contribution < -0.4 is 4.74 Å². The van der Waals surface area contributed by atoms with Crippen molar-refractivity contribution in [1.29, 1.82) is 0 Å². The highest BCUT2D eigenvalue weighted by atomic mass is 19.1. The molecule has 0 aliphatic heterocycles. The van der Waals surface area contributed by atoms with Crippen LogP contribution in [0.25, 0.3) is 11.1 Å². The summed E-state index contributed by atoms with van der Waals surface area (Å²) in [4.78, 5) is 0. The van der Waals surface area contributed by atoms with E-state index in [2.05, 4.69) is 0 Å². The molecule has 0 fully saturated rings. The van der Waals surface area contributed by atoms with Crippen LogP contribution in [0.15, 0.2) is 36.4 Å². The molecular formula is C19H23FO3. The topological polar surface area (TPSA) is 38.7 Å². The van der Waals surface area contributed by atoms with Crippen LogP contribution >= 0.6 is 0 Å². The van der Waals surface area contributed by atoms with Crippen molar-refractivity contribution < 1.29 is 19.0 Å². The van der Waals surface area contributed by atoms with Crippen molar-refractivity contribution in [2.75, 3.05) is 14.2 Å². The predicted octanol–water partition coefficient (Wildman–Crippen LogP) is 4.56. The number of hydrogen-bond acceptors (Lipinski definition) is 3. The van der Waals surface area contributed by atoms with E-state index in [0.717, 1.165) is 17.5 Å². The van der Waals surface area contributed by atoms with Crippen molar-refractivity contribution in [3.8, 4) is 22.6 Å². The lowest BCUT2D eigenvalue weighted by Crippen LogP contribution is -2.23. The summed E-state index contributed by atoms with van der Waals surface area (Å²) in [6, 6.07) is 9.64. The van der Waals surface area contributed by atoms with E-state index >= 15 is 0 Å². The number of phenolic OH excluding ortho intramolecular Hbond substituents is 1. The number of methoxy groups -OCH3 is 2. The summed E-state index contributed by atoms with van der Waals surface area (Å²) in [5.74, 6) is 0.448. The number of aryl methyl sites for hydroxylation is 1. The maximum Gasteiger partial charge on any atom is 0.131 e. The van der Waals surface area contributed by atoms with E-state index in [9.17, 15) is 9.50 Å². The molecule has 0 aromatic heterocycles. The second kappa shape index (κ2) is 7.01. The second-order valence-corrected chi connectivity index (χ2v) is 6.15. The lowest BCUT2D eigenvalue weighted by Gasteiger charge is -2.23. The van der Waals surface area contributed by atoms with Crippen molar-refractivity contribution >= 4 is 0 Å². The van der Waals surface area contributed by atoms with Gasteiger partial charge in [0.2, 0.25) is 0 Å². The van der Waals surface area contributed by atoms with Crippen LogP contribution in [0.3, 0.4) is 0 Å². The summed E-state index contributed by atoms with van der Waals surface area (Å²) in [5, 5.41) is 9.79. The zero-order valence-electron chi connectivity index (χ0n) is 14.0. The molecule has 0 atom stereocenters. The highest BCUT2D eigenvalue weighted by Gasteiger charge is 2.18. The van der Waals surface area contributed by atoms with Crippen molar-refractivity contribution in [3.63, 3.8) is 0 Å². The Kier molecular flexibility index (Phi) is 5.26. The van der Waals surface area contributed by atoms with Gasteiger partial charge in [-0.2, -0.15) is 0 Å². The summed E-state index contributed by atoms with van der Waals surface area (Å²) < 4.78 is 24.9. The van der Waals surface area contributed by atoms with Crippen LogP contribution in [-0.2, 0) is 11.2 Å². The molecule has 23 heavy (non-hydrogen) atoms. The molecular weight excluding hydrogens is 295 g/mol. The Morgan fingerprint density at radius 3 is 2.43 bits per heavy atom. The first kappa shape index (κ1) is 17.3. The number of phenols is 1. The number of ether oxygens (including phenoxy) is 2. The normalized spacial score (nSPS) is 11.5. The van der Waals surface area contributed by atoms with E-state index < -0.39 is 0 Å². The van der Waals surface area contributed by atoms with Crippen molar-refractivity contribution in [2.45, 2.75) is 32.3 Å². The van der Waals surface area contributed by atoms with Crippen molar-refractivity contribution in [2.24, 2.45) is 0 Å². The minimum absolute atomic E-state index is 0.169. The molecule has 2 aromatic carbocycles. The SMILES string of the molecule is COc1ccc(F)c(-c2ccc(O)cc2CCC(C)(C)OC)c1. The monoisotopic (exact) mass is 318 g/mol. The molecule has 2 rings (SSSR count). The largest absolute Gasteiger partial charge is 0.508 e. The van der Waals surface area contributed by atoms with Gasteiger partial charge in [0.25, 0.3) is 0 Å². The van der Waals surface area contributed by atoms with Gasteiger partial charge in [0, 0.05) is 12.7 Å². The van der Waals surface area contributed by atoms with Crippen LogP contribution in [0.4, 0.5) is 4.39 Å². The lowest BCUT2D eigenvalue weighted by molar-refractivity contribution is 0.0158. The van der Waals surface area contributed by atoms with Gasteiger partial charge in [0.15, 0.2) is 0 Å². The van der Waals surface area contributed by atoms with E-state index in [4.69, 9.17) is 9.47 Å². The number of aromatic hydroxyl groups is 1. The molecule has 3 nitrogen and oxygen atoms in total. The van der Waals surface area contributed by atoms with Gasteiger partial charge in [-0.15, -0.1) is 0 Å². The van der Waals surface area contributed by atoms with Gasteiger partial charge in [-0.05, 0) is 68.1 Å². The number of halogens is 1. The summed E-state index contributed by atoms with van der Waals surface area (Å²) in [7, 11) is 3.22. The molecule has 0 aliphatic carbocycles.